The molecule has 1 aromatic heterocycles. The molecule has 10 heavy (non-hydrogen) atoms. The summed E-state index contributed by atoms with van der Waals surface area (Å²) >= 11 is 4.77. The van der Waals surface area contributed by atoms with Crippen molar-refractivity contribution in [3.63, 3.8) is 0 Å². The van der Waals surface area contributed by atoms with Gasteiger partial charge in [-0.1, -0.05) is 0 Å². The molecule has 1 aromatic rings. The molecule has 1 rings (SSSR count). The molecule has 0 radical (unpaired) electrons. The minimum absolute atomic E-state index is 0.209. The van der Waals surface area contributed by atoms with Crippen LogP contribution in [0.5, 0.6) is 0 Å². The Kier molecular flexibility index (Phi) is 2.15. The molecule has 0 aliphatic rings. The molecule has 0 aromatic carbocycles. The monoisotopic (exact) mass is 161 g/mol. The van der Waals surface area contributed by atoms with Crippen LogP contribution >= 0.6 is 12.2 Å². The summed E-state index contributed by atoms with van der Waals surface area (Å²) in [6.45, 7) is -0.468. The van der Waals surface area contributed by atoms with E-state index in [1.54, 1.807) is 0 Å². The molecule has 56 valence electrons. The van der Waals surface area contributed by atoms with Crippen LogP contribution in [0.15, 0.2) is 6.33 Å². The van der Waals surface area contributed by atoms with E-state index in [0.29, 0.717) is 4.77 Å². The molecule has 2 N–H and O–H groups in total. The molecule has 0 aliphatic heterocycles. The molecule has 0 aliphatic carbocycles. The molecule has 1 heterocycles. The Balaban J connectivity index is 3.09. The molecule has 0 amide bonds. The second-order valence-electron chi connectivity index (χ2n) is 1.67. The van der Waals surface area contributed by atoms with Crippen LogP contribution in [0.3, 0.4) is 0 Å². The molecule has 0 unspecified atom stereocenters. The Labute approximate surface area is 62.1 Å². The SMILES string of the molecule is OCn1cnn(CO)c1=S. The van der Waals surface area contributed by atoms with Gasteiger partial charge in [0.2, 0.25) is 4.77 Å². The Hall–Kier alpha value is -0.720. The first-order valence-electron chi connectivity index (χ1n) is 2.63. The summed E-state index contributed by atoms with van der Waals surface area (Å²) in [6, 6.07) is 0. The lowest BCUT2D eigenvalue weighted by Gasteiger charge is -1.92. The first-order valence-corrected chi connectivity index (χ1v) is 3.04. The van der Waals surface area contributed by atoms with Gasteiger partial charge in [0, 0.05) is 0 Å². The maximum Gasteiger partial charge on any atom is 0.201 e. The van der Waals surface area contributed by atoms with E-state index in [1.165, 1.54) is 15.6 Å². The zero-order chi connectivity index (χ0) is 7.56. The Morgan fingerprint density at radius 1 is 1.50 bits per heavy atom. The van der Waals surface area contributed by atoms with Crippen molar-refractivity contribution in [2.24, 2.45) is 0 Å². The lowest BCUT2D eigenvalue weighted by atomic mass is 11.0. The molecule has 0 fully saturated rings. The zero-order valence-electron chi connectivity index (χ0n) is 5.14. The summed E-state index contributed by atoms with van der Waals surface area (Å²) in [7, 11) is 0. The van der Waals surface area contributed by atoms with E-state index in [9.17, 15) is 0 Å². The molecule has 0 spiro atoms. The first kappa shape index (κ1) is 7.39. The highest BCUT2D eigenvalue weighted by atomic mass is 32.1. The largest absolute Gasteiger partial charge is 0.376 e. The molecule has 6 heteroatoms. The summed E-state index contributed by atoms with van der Waals surface area (Å²) in [5.41, 5.74) is 0. The predicted molar refractivity (Wildman–Crippen MR) is 35.5 cm³/mol. The fourth-order valence-electron chi connectivity index (χ4n) is 0.566. The topological polar surface area (TPSA) is 63.2 Å². The van der Waals surface area contributed by atoms with Crippen molar-refractivity contribution in [3.05, 3.63) is 11.1 Å². The fourth-order valence-corrected chi connectivity index (χ4v) is 0.775. The minimum Gasteiger partial charge on any atom is -0.376 e. The highest BCUT2D eigenvalue weighted by molar-refractivity contribution is 7.71. The van der Waals surface area contributed by atoms with E-state index in [4.69, 9.17) is 22.4 Å². The number of hydrogen-bond donors (Lipinski definition) is 2. The zero-order valence-corrected chi connectivity index (χ0v) is 5.95. The Bertz CT molecular complexity index is 241. The van der Waals surface area contributed by atoms with Gasteiger partial charge in [-0.25, -0.2) is 4.68 Å². The number of aromatic nitrogens is 3. The third-order valence-electron chi connectivity index (χ3n) is 1.08. The van der Waals surface area contributed by atoms with Gasteiger partial charge in [-0.05, 0) is 12.2 Å². The van der Waals surface area contributed by atoms with Crippen molar-refractivity contribution < 1.29 is 10.2 Å². The van der Waals surface area contributed by atoms with Crippen molar-refractivity contribution in [3.8, 4) is 0 Å². The van der Waals surface area contributed by atoms with Crippen molar-refractivity contribution in [1.29, 1.82) is 0 Å². The van der Waals surface area contributed by atoms with Gasteiger partial charge in [-0.2, -0.15) is 5.10 Å². The second-order valence-corrected chi connectivity index (χ2v) is 2.03. The molecule has 0 atom stereocenters. The fraction of sp³-hybridized carbons (Fsp3) is 0.500. The van der Waals surface area contributed by atoms with Crippen LogP contribution in [-0.2, 0) is 13.5 Å². The summed E-state index contributed by atoms with van der Waals surface area (Å²) in [4.78, 5) is 0. The van der Waals surface area contributed by atoms with Gasteiger partial charge in [0.15, 0.2) is 0 Å². The summed E-state index contributed by atoms with van der Waals surface area (Å²) in [5.74, 6) is 0. The van der Waals surface area contributed by atoms with E-state index in [2.05, 4.69) is 5.10 Å². The van der Waals surface area contributed by atoms with Crippen LogP contribution in [0.1, 0.15) is 0 Å². The van der Waals surface area contributed by atoms with Gasteiger partial charge in [0.25, 0.3) is 0 Å². The van der Waals surface area contributed by atoms with Crippen LogP contribution in [0.2, 0.25) is 0 Å². The van der Waals surface area contributed by atoms with Gasteiger partial charge in [-0.15, -0.1) is 0 Å². The Morgan fingerprint density at radius 2 is 2.20 bits per heavy atom. The standard InChI is InChI=1S/C4H7N3O2S/c8-2-6-1-5-7(3-9)4(6)10/h1,8-9H,2-3H2. The lowest BCUT2D eigenvalue weighted by molar-refractivity contribution is 0.185. The van der Waals surface area contributed by atoms with Gasteiger partial charge in [-0.3, -0.25) is 4.57 Å². The van der Waals surface area contributed by atoms with Crippen molar-refractivity contribution in [1.82, 2.24) is 14.3 Å². The predicted octanol–water partition coefficient (Wildman–Crippen LogP) is -0.686. The summed E-state index contributed by atoms with van der Waals surface area (Å²) in [5, 5.41) is 20.8. The maximum absolute atomic E-state index is 8.59. The van der Waals surface area contributed by atoms with Gasteiger partial charge < -0.3 is 10.2 Å². The maximum atomic E-state index is 8.59. The highest BCUT2D eigenvalue weighted by Crippen LogP contribution is 1.89. The van der Waals surface area contributed by atoms with Crippen molar-refractivity contribution >= 4 is 12.2 Å². The molecule has 0 bridgehead atoms. The highest BCUT2D eigenvalue weighted by Gasteiger charge is 1.95. The number of aliphatic hydroxyl groups is 2. The normalized spacial score (nSPS) is 10.2. The van der Waals surface area contributed by atoms with E-state index in [0.717, 1.165) is 0 Å². The summed E-state index contributed by atoms with van der Waals surface area (Å²) in [6.07, 6.45) is 1.36. The molecule has 5 nitrogen and oxygen atoms in total. The third kappa shape index (κ3) is 1.08. The molecular formula is C4H7N3O2S. The average molecular weight is 161 g/mol. The van der Waals surface area contributed by atoms with E-state index in [-0.39, 0.29) is 13.5 Å². The van der Waals surface area contributed by atoms with E-state index in [1.807, 2.05) is 0 Å². The van der Waals surface area contributed by atoms with Crippen LogP contribution in [0.4, 0.5) is 0 Å². The van der Waals surface area contributed by atoms with Crippen LogP contribution in [-0.4, -0.2) is 24.6 Å². The lowest BCUT2D eigenvalue weighted by Crippen LogP contribution is -2.01. The van der Waals surface area contributed by atoms with Gasteiger partial charge in [0.1, 0.15) is 19.8 Å². The molecule has 0 saturated heterocycles. The van der Waals surface area contributed by atoms with E-state index >= 15 is 0 Å². The number of rotatable bonds is 2. The van der Waals surface area contributed by atoms with Crippen molar-refractivity contribution in [2.75, 3.05) is 0 Å². The summed E-state index contributed by atoms with van der Waals surface area (Å²) < 4.78 is 2.85. The smallest absolute Gasteiger partial charge is 0.201 e. The minimum atomic E-state index is -0.258. The number of aliphatic hydroxyl groups excluding tert-OH is 2. The van der Waals surface area contributed by atoms with E-state index < -0.39 is 0 Å². The first-order chi connectivity index (χ1) is 4.79. The number of hydrogen-bond acceptors (Lipinski definition) is 4. The Morgan fingerprint density at radius 3 is 2.50 bits per heavy atom. The van der Waals surface area contributed by atoms with Crippen LogP contribution < -0.4 is 0 Å². The molecular weight excluding hydrogens is 154 g/mol. The second kappa shape index (κ2) is 2.91. The number of nitrogens with zero attached hydrogens (tertiary/aromatic N) is 3. The van der Waals surface area contributed by atoms with Crippen LogP contribution in [0, 0.1) is 4.77 Å². The quantitative estimate of drug-likeness (QED) is 0.564. The molecule has 0 saturated carbocycles. The van der Waals surface area contributed by atoms with Crippen LogP contribution in [0.25, 0.3) is 0 Å². The van der Waals surface area contributed by atoms with Gasteiger partial charge >= 0.3 is 0 Å². The third-order valence-corrected chi connectivity index (χ3v) is 1.53. The van der Waals surface area contributed by atoms with Crippen molar-refractivity contribution in [2.45, 2.75) is 13.5 Å². The average Bonchev–Trinajstić information content (AvgIpc) is 2.30. The van der Waals surface area contributed by atoms with Gasteiger partial charge in [0.05, 0.1) is 0 Å².